The molecule has 7 N–H and O–H groups in total. The van der Waals surface area contributed by atoms with Crippen LogP contribution in [0.5, 0.6) is 5.75 Å². The fourth-order valence-electron chi connectivity index (χ4n) is 3.28. The fraction of sp³-hybridized carbons (Fsp3) is 0.522. The van der Waals surface area contributed by atoms with E-state index in [1.54, 1.807) is 0 Å². The minimum atomic E-state index is -1.63. The number of aliphatic hydroxyl groups is 2. The van der Waals surface area contributed by atoms with E-state index in [9.17, 15) is 9.90 Å². The number of aromatic nitrogens is 2. The summed E-state index contributed by atoms with van der Waals surface area (Å²) in [7, 11) is 4.48. The Kier molecular flexibility index (Phi) is 11.7. The number of amides is 1. The van der Waals surface area contributed by atoms with Crippen molar-refractivity contribution in [3.8, 4) is 5.75 Å². The molecule has 2 aromatic rings. The van der Waals surface area contributed by atoms with Crippen molar-refractivity contribution in [3.05, 3.63) is 40.7 Å². The van der Waals surface area contributed by atoms with Gasteiger partial charge in [-0.3, -0.25) is 0 Å². The van der Waals surface area contributed by atoms with Gasteiger partial charge in [0.2, 0.25) is 0 Å². The Hall–Kier alpha value is -1.93. The van der Waals surface area contributed by atoms with E-state index in [0.29, 0.717) is 10.3 Å². The number of nitrogens with two attached hydrogens (primary N) is 2. The second kappa shape index (κ2) is 14.0. The van der Waals surface area contributed by atoms with E-state index in [1.807, 2.05) is 24.3 Å². The van der Waals surface area contributed by atoms with Crippen LogP contribution in [0.3, 0.4) is 0 Å². The number of anilines is 2. The summed E-state index contributed by atoms with van der Waals surface area (Å²) in [6, 6.07) is 7.80. The van der Waals surface area contributed by atoms with Crippen LogP contribution in [0, 0.1) is 0 Å². The molecule has 10 nitrogen and oxygen atoms in total. The van der Waals surface area contributed by atoms with E-state index >= 15 is 0 Å². The number of carbonyl (C=O) groups excluding carboxylic acids is 1. The molecule has 1 heterocycles. The van der Waals surface area contributed by atoms with Gasteiger partial charge in [-0.15, -0.1) is 0 Å². The minimum absolute atomic E-state index is 0.000114. The Morgan fingerprint density at radius 1 is 1.23 bits per heavy atom. The van der Waals surface area contributed by atoms with Crippen LogP contribution >= 0.6 is 31.7 Å². The first-order valence-corrected chi connectivity index (χ1v) is 15.8. The molecule has 12 heteroatoms. The maximum absolute atomic E-state index is 12.7. The number of quaternary nitrogens is 1. The Labute approximate surface area is 219 Å². The average Bonchev–Trinajstić information content (AvgIpc) is 2.82. The quantitative estimate of drug-likeness (QED) is 0.0929. The number of nitrogens with zero attached hydrogens (tertiary/aromatic N) is 3. The van der Waals surface area contributed by atoms with Crippen molar-refractivity contribution in [2.75, 3.05) is 54.3 Å². The Bertz CT molecular complexity index is 964. The van der Waals surface area contributed by atoms with E-state index in [2.05, 4.69) is 36.3 Å². The molecule has 0 aliphatic heterocycles. The van der Waals surface area contributed by atoms with Crippen LogP contribution < -0.4 is 21.5 Å². The number of benzene rings is 1. The van der Waals surface area contributed by atoms with Gasteiger partial charge in [0.1, 0.15) is 0 Å². The number of aryl methyl sites for hydroxylation is 1. The summed E-state index contributed by atoms with van der Waals surface area (Å²) in [4.78, 5) is 20.6. The number of rotatable bonds is 14. The van der Waals surface area contributed by atoms with Crippen molar-refractivity contribution in [1.29, 1.82) is 0 Å². The van der Waals surface area contributed by atoms with E-state index in [-0.39, 0.29) is 41.6 Å². The topological polar surface area (TPSA) is 157 Å². The van der Waals surface area contributed by atoms with E-state index in [1.165, 1.54) is 5.56 Å². The Morgan fingerprint density at radius 2 is 1.91 bits per heavy atom. The molecule has 0 aliphatic rings. The van der Waals surface area contributed by atoms with Gasteiger partial charge in [-0.05, 0) is 0 Å². The molecule has 2 rings (SSSR count). The predicted octanol–water partition coefficient (Wildman–Crippen LogP) is 2.25. The summed E-state index contributed by atoms with van der Waals surface area (Å²) in [6.07, 6.45) is 2.12. The number of ether oxygens (including phenoxy) is 1. The van der Waals surface area contributed by atoms with E-state index in [0.717, 1.165) is 32.9 Å². The number of carbonyl (C=O) groups is 1. The summed E-state index contributed by atoms with van der Waals surface area (Å²) >= 11 is 4.28. The van der Waals surface area contributed by atoms with E-state index < -0.39 is 26.2 Å². The molecule has 0 fully saturated rings. The Balaban J connectivity index is 1.90. The van der Waals surface area contributed by atoms with Crippen LogP contribution in [0.4, 0.5) is 11.6 Å². The predicted molar refractivity (Wildman–Crippen MR) is 148 cm³/mol. The number of hydrogen-bond acceptors (Lipinski definition) is 8. The van der Waals surface area contributed by atoms with Gasteiger partial charge in [0.05, 0.1) is 0 Å². The number of nitrogen functional groups attached to an aromatic ring is 2. The molecule has 1 aromatic carbocycles. The van der Waals surface area contributed by atoms with Crippen molar-refractivity contribution in [2.45, 2.75) is 32.3 Å². The van der Waals surface area contributed by atoms with Gasteiger partial charge in [-0.25, -0.2) is 0 Å². The molecule has 0 saturated carbocycles. The molecule has 35 heavy (non-hydrogen) atoms. The van der Waals surface area contributed by atoms with Crippen LogP contribution in [0.25, 0.3) is 0 Å². The van der Waals surface area contributed by atoms with Crippen molar-refractivity contribution in [1.82, 2.24) is 15.3 Å². The summed E-state index contributed by atoms with van der Waals surface area (Å²) < 4.78 is 8.09. The first kappa shape index (κ1) is 29.3. The molecule has 1 aromatic heterocycles. The first-order chi connectivity index (χ1) is 16.6. The van der Waals surface area contributed by atoms with Crippen molar-refractivity contribution < 1.29 is 22.4 Å². The van der Waals surface area contributed by atoms with Gasteiger partial charge < -0.3 is 5.11 Å². The van der Waals surface area contributed by atoms with Crippen LogP contribution in [-0.2, 0) is 6.42 Å². The number of halogens is 2. The van der Waals surface area contributed by atoms with Crippen molar-refractivity contribution in [2.24, 2.45) is 0 Å². The maximum atomic E-state index is 12.7. The molecule has 0 radical (unpaired) electrons. The summed E-state index contributed by atoms with van der Waals surface area (Å²) in [6.45, 7) is 2.90. The molecule has 0 spiro atoms. The summed E-state index contributed by atoms with van der Waals surface area (Å²) in [5.74, 6) is 0.247. The molecule has 196 valence electrons. The van der Waals surface area contributed by atoms with Crippen LogP contribution in [0.1, 0.15) is 35.8 Å². The fourth-order valence-corrected chi connectivity index (χ4v) is 9.07. The van der Waals surface area contributed by atoms with Gasteiger partial charge in [-0.1, -0.05) is 0 Å². The van der Waals surface area contributed by atoms with Gasteiger partial charge in [0.15, 0.2) is 0 Å². The van der Waals surface area contributed by atoms with Gasteiger partial charge in [0.25, 0.3) is 0 Å². The third-order valence-corrected chi connectivity index (χ3v) is 13.3. The van der Waals surface area contributed by atoms with E-state index in [4.69, 9.17) is 32.9 Å². The molecule has 0 aliphatic carbocycles. The number of aliphatic hydroxyl groups excluding tert-OH is 2. The molecule has 1 atom stereocenters. The zero-order valence-corrected chi connectivity index (χ0v) is 23.4. The van der Waals surface area contributed by atoms with Gasteiger partial charge >= 0.3 is 215 Å². The number of nitrogens with one attached hydrogen (secondary N) is 1. The molecule has 0 unspecified atom stereocenters. The van der Waals surface area contributed by atoms with Crippen LogP contribution in [0.2, 0.25) is 5.15 Å². The van der Waals surface area contributed by atoms with Crippen LogP contribution in [0.15, 0.2) is 24.3 Å². The number of alkyl halides is 2. The standard InChI is InChI=1S/C23H36ClIN6O4/c1-4-11-25(15-28-23(34)19-21(26)30-22(27)20(24)29-19)31(2,3)12-5-6-16-7-9-18(10-8-16)35-14-17(33)13-32/h7-10,17,32-33H,4-6,11-15H2,1-3H3,(H4-,26,27,28,30,34)/p+1/t17-/m0/s1. The summed E-state index contributed by atoms with van der Waals surface area (Å²) in [5, 5.41) is 21.2. The third kappa shape index (κ3) is 9.22. The first-order valence-electron chi connectivity index (χ1n) is 11.4. The SMILES string of the molecule is CCCI(CNC(=O)c1nc(Cl)c(N)nc1N)[N+](C)(C)CCCc1ccc(OC[C@@H](O)CO)cc1. The molecular weight excluding hydrogens is 587 g/mol. The second-order valence-corrected chi connectivity index (χ2v) is 15.8. The molecule has 1 amide bonds. The third-order valence-electron chi connectivity index (χ3n) is 5.29. The zero-order chi connectivity index (χ0) is 26.0. The molecule has 0 saturated heterocycles. The molecule has 0 bridgehead atoms. The average molecular weight is 624 g/mol. The zero-order valence-electron chi connectivity index (χ0n) is 20.5. The second-order valence-electron chi connectivity index (χ2n) is 8.55. The van der Waals surface area contributed by atoms with Gasteiger partial charge in [0, 0.05) is 0 Å². The van der Waals surface area contributed by atoms with Crippen LogP contribution in [-0.4, -0.2) is 77.7 Å². The normalized spacial score (nSPS) is 12.8. The monoisotopic (exact) mass is 623 g/mol. The van der Waals surface area contributed by atoms with Crippen molar-refractivity contribution >= 4 is 49.2 Å². The van der Waals surface area contributed by atoms with Crippen molar-refractivity contribution in [3.63, 3.8) is 0 Å². The summed E-state index contributed by atoms with van der Waals surface area (Å²) in [5.41, 5.74) is 12.6. The Morgan fingerprint density at radius 3 is 2.54 bits per heavy atom. The number of hydrogen-bond donors (Lipinski definition) is 5. The van der Waals surface area contributed by atoms with Gasteiger partial charge in [-0.2, -0.15) is 0 Å². The molecular formula is C23H37ClIN6O4+.